The van der Waals surface area contributed by atoms with Crippen LogP contribution in [0.1, 0.15) is 17.3 Å². The summed E-state index contributed by atoms with van der Waals surface area (Å²) in [6.07, 6.45) is 0. The standard InChI is InChI=1S/C16H15NO3S/c1-11(18)14-4-2-3-5-15(14)17-16(20)10-21-13-8-6-12(19)7-9-13/h2-9,19H,10H2,1H3,(H,17,20). The van der Waals surface area contributed by atoms with Crippen LogP contribution in [0.3, 0.4) is 0 Å². The summed E-state index contributed by atoms with van der Waals surface area (Å²) in [5.41, 5.74) is 1.03. The molecule has 0 radical (unpaired) electrons. The maximum atomic E-state index is 11.9. The molecule has 0 unspecified atom stereocenters. The highest BCUT2D eigenvalue weighted by Gasteiger charge is 2.09. The van der Waals surface area contributed by atoms with Gasteiger partial charge in [-0.1, -0.05) is 12.1 Å². The zero-order valence-corrected chi connectivity index (χ0v) is 12.3. The molecule has 0 atom stereocenters. The van der Waals surface area contributed by atoms with Crippen molar-refractivity contribution in [2.24, 2.45) is 0 Å². The van der Waals surface area contributed by atoms with Gasteiger partial charge >= 0.3 is 0 Å². The number of nitrogens with one attached hydrogen (secondary N) is 1. The highest BCUT2D eigenvalue weighted by Crippen LogP contribution is 2.21. The number of para-hydroxylation sites is 1. The number of anilines is 1. The van der Waals surface area contributed by atoms with Gasteiger partial charge in [0.15, 0.2) is 5.78 Å². The van der Waals surface area contributed by atoms with Crippen molar-refractivity contribution in [1.82, 2.24) is 0 Å². The molecule has 0 aliphatic rings. The number of hydrogen-bond donors (Lipinski definition) is 2. The van der Waals surface area contributed by atoms with Gasteiger partial charge in [-0.3, -0.25) is 9.59 Å². The highest BCUT2D eigenvalue weighted by atomic mass is 32.2. The quantitative estimate of drug-likeness (QED) is 0.656. The monoisotopic (exact) mass is 301 g/mol. The second-order valence-corrected chi connectivity index (χ2v) is 5.48. The van der Waals surface area contributed by atoms with Crippen molar-refractivity contribution in [2.45, 2.75) is 11.8 Å². The van der Waals surface area contributed by atoms with Gasteiger partial charge in [-0.05, 0) is 43.3 Å². The van der Waals surface area contributed by atoms with E-state index in [9.17, 15) is 14.7 Å². The van der Waals surface area contributed by atoms with E-state index in [1.54, 1.807) is 48.5 Å². The van der Waals surface area contributed by atoms with Crippen LogP contribution in [0, 0.1) is 0 Å². The second kappa shape index (κ2) is 6.95. The third kappa shape index (κ3) is 4.36. The van der Waals surface area contributed by atoms with Crippen LogP contribution in [0.2, 0.25) is 0 Å². The molecule has 0 saturated carbocycles. The molecule has 0 aliphatic carbocycles. The van der Waals surface area contributed by atoms with Gasteiger partial charge in [0.2, 0.25) is 5.91 Å². The fourth-order valence-electron chi connectivity index (χ4n) is 1.78. The number of Topliss-reactive ketones (excluding diaryl/α,β-unsaturated/α-hetero) is 1. The van der Waals surface area contributed by atoms with E-state index in [0.29, 0.717) is 11.3 Å². The molecule has 0 fully saturated rings. The SMILES string of the molecule is CC(=O)c1ccccc1NC(=O)CSc1ccc(O)cc1. The van der Waals surface area contributed by atoms with E-state index < -0.39 is 0 Å². The van der Waals surface area contributed by atoms with E-state index in [-0.39, 0.29) is 23.2 Å². The van der Waals surface area contributed by atoms with E-state index in [2.05, 4.69) is 5.32 Å². The van der Waals surface area contributed by atoms with Crippen LogP contribution < -0.4 is 5.32 Å². The summed E-state index contributed by atoms with van der Waals surface area (Å²) in [5.74, 6) is 0.162. The third-order valence-electron chi connectivity index (χ3n) is 2.79. The first-order valence-corrected chi connectivity index (χ1v) is 7.36. The topological polar surface area (TPSA) is 66.4 Å². The van der Waals surface area contributed by atoms with Gasteiger partial charge in [0.1, 0.15) is 5.75 Å². The minimum Gasteiger partial charge on any atom is -0.508 e. The van der Waals surface area contributed by atoms with Crippen molar-refractivity contribution in [3.63, 3.8) is 0 Å². The molecule has 21 heavy (non-hydrogen) atoms. The lowest BCUT2D eigenvalue weighted by Gasteiger charge is -2.08. The molecular formula is C16H15NO3S. The maximum absolute atomic E-state index is 11.9. The first-order valence-electron chi connectivity index (χ1n) is 6.38. The lowest BCUT2D eigenvalue weighted by molar-refractivity contribution is -0.113. The normalized spacial score (nSPS) is 10.1. The fourth-order valence-corrected chi connectivity index (χ4v) is 2.48. The predicted molar refractivity (Wildman–Crippen MR) is 83.9 cm³/mol. The maximum Gasteiger partial charge on any atom is 0.234 e. The molecule has 0 aliphatic heterocycles. The Labute approximate surface area is 127 Å². The molecule has 0 aromatic heterocycles. The summed E-state index contributed by atoms with van der Waals surface area (Å²) in [5, 5.41) is 11.9. The van der Waals surface area contributed by atoms with E-state index in [1.807, 2.05) is 0 Å². The number of rotatable bonds is 5. The van der Waals surface area contributed by atoms with Gasteiger partial charge in [-0.15, -0.1) is 11.8 Å². The molecule has 0 bridgehead atoms. The first kappa shape index (κ1) is 15.1. The Balaban J connectivity index is 1.96. The van der Waals surface area contributed by atoms with Gasteiger partial charge in [0, 0.05) is 10.5 Å². The summed E-state index contributed by atoms with van der Waals surface area (Å²) in [7, 11) is 0. The molecular weight excluding hydrogens is 286 g/mol. The van der Waals surface area contributed by atoms with E-state index in [0.717, 1.165) is 4.90 Å². The number of benzene rings is 2. The number of ketones is 1. The van der Waals surface area contributed by atoms with Gasteiger partial charge in [-0.2, -0.15) is 0 Å². The van der Waals surface area contributed by atoms with Crippen molar-refractivity contribution in [3.8, 4) is 5.75 Å². The summed E-state index contributed by atoms with van der Waals surface area (Å²) >= 11 is 1.36. The Morgan fingerprint density at radius 2 is 1.76 bits per heavy atom. The number of phenolic OH excluding ortho intramolecular Hbond substituents is 1. The Kier molecular flexibility index (Phi) is 5.00. The largest absolute Gasteiger partial charge is 0.508 e. The van der Waals surface area contributed by atoms with Crippen molar-refractivity contribution >= 4 is 29.1 Å². The molecule has 4 nitrogen and oxygen atoms in total. The minimum atomic E-state index is -0.179. The Hall–Kier alpha value is -2.27. The second-order valence-electron chi connectivity index (χ2n) is 4.43. The smallest absolute Gasteiger partial charge is 0.234 e. The Morgan fingerprint density at radius 1 is 1.10 bits per heavy atom. The lowest BCUT2D eigenvalue weighted by atomic mass is 10.1. The summed E-state index contributed by atoms with van der Waals surface area (Å²) in [4.78, 5) is 24.3. The zero-order chi connectivity index (χ0) is 15.2. The Bertz CT molecular complexity index is 653. The van der Waals surface area contributed by atoms with Crippen molar-refractivity contribution in [2.75, 3.05) is 11.1 Å². The molecule has 2 N–H and O–H groups in total. The molecule has 0 saturated heterocycles. The van der Waals surface area contributed by atoms with E-state index >= 15 is 0 Å². The number of hydrogen-bond acceptors (Lipinski definition) is 4. The van der Waals surface area contributed by atoms with Crippen LogP contribution in [0.15, 0.2) is 53.4 Å². The Morgan fingerprint density at radius 3 is 2.43 bits per heavy atom. The molecule has 2 rings (SSSR count). The number of amides is 1. The molecule has 0 heterocycles. The number of phenols is 1. The predicted octanol–water partition coefficient (Wildman–Crippen LogP) is 3.33. The van der Waals surface area contributed by atoms with E-state index in [1.165, 1.54) is 18.7 Å². The summed E-state index contributed by atoms with van der Waals surface area (Å²) in [6, 6.07) is 13.6. The van der Waals surface area contributed by atoms with Gasteiger partial charge in [-0.25, -0.2) is 0 Å². The van der Waals surface area contributed by atoms with Crippen LogP contribution in [0.5, 0.6) is 5.75 Å². The number of aromatic hydroxyl groups is 1. The third-order valence-corrected chi connectivity index (χ3v) is 3.80. The van der Waals surface area contributed by atoms with Gasteiger partial charge < -0.3 is 10.4 Å². The van der Waals surface area contributed by atoms with Crippen LogP contribution in [0.25, 0.3) is 0 Å². The summed E-state index contributed by atoms with van der Waals surface area (Å²) < 4.78 is 0. The molecule has 5 heteroatoms. The fraction of sp³-hybridized carbons (Fsp3) is 0.125. The highest BCUT2D eigenvalue weighted by molar-refractivity contribution is 8.00. The number of carbonyl (C=O) groups excluding carboxylic acids is 2. The first-order chi connectivity index (χ1) is 10.1. The lowest BCUT2D eigenvalue weighted by Crippen LogP contribution is -2.16. The number of carbonyl (C=O) groups is 2. The van der Waals surface area contributed by atoms with Crippen LogP contribution >= 0.6 is 11.8 Å². The number of thioether (sulfide) groups is 1. The average molecular weight is 301 g/mol. The van der Waals surface area contributed by atoms with Crippen molar-refractivity contribution < 1.29 is 14.7 Å². The van der Waals surface area contributed by atoms with E-state index in [4.69, 9.17) is 0 Å². The zero-order valence-electron chi connectivity index (χ0n) is 11.5. The molecule has 108 valence electrons. The van der Waals surface area contributed by atoms with Crippen molar-refractivity contribution in [1.29, 1.82) is 0 Å². The molecule has 2 aromatic carbocycles. The van der Waals surface area contributed by atoms with Crippen LogP contribution in [0.4, 0.5) is 5.69 Å². The van der Waals surface area contributed by atoms with Gasteiger partial charge in [0.05, 0.1) is 11.4 Å². The van der Waals surface area contributed by atoms with Crippen molar-refractivity contribution in [3.05, 3.63) is 54.1 Å². The minimum absolute atomic E-state index is 0.0860. The molecule has 0 spiro atoms. The van der Waals surface area contributed by atoms with Crippen LogP contribution in [-0.2, 0) is 4.79 Å². The summed E-state index contributed by atoms with van der Waals surface area (Å²) in [6.45, 7) is 1.47. The van der Waals surface area contributed by atoms with Gasteiger partial charge in [0.25, 0.3) is 0 Å². The molecule has 1 amide bonds. The molecule has 2 aromatic rings. The van der Waals surface area contributed by atoms with Crippen LogP contribution in [-0.4, -0.2) is 22.5 Å². The average Bonchev–Trinajstić information content (AvgIpc) is 2.47.